The first kappa shape index (κ1) is 25.7. The van der Waals surface area contributed by atoms with Crippen molar-refractivity contribution >= 4 is 51.9 Å². The van der Waals surface area contributed by atoms with Crippen molar-refractivity contribution in [1.82, 2.24) is 15.0 Å². The number of hydrogen-bond acceptors (Lipinski definition) is 10. The molecule has 0 unspecified atom stereocenters. The quantitative estimate of drug-likeness (QED) is 0.221. The average molecular weight is 555 g/mol. The molecule has 0 spiro atoms. The van der Waals surface area contributed by atoms with Gasteiger partial charge in [-0.2, -0.15) is 0 Å². The lowest BCUT2D eigenvalue weighted by Gasteiger charge is -2.27. The number of methoxy groups -OCH3 is 2. The summed E-state index contributed by atoms with van der Waals surface area (Å²) in [6, 6.07) is 12.5. The normalized spacial score (nSPS) is 12.9. The number of nitrogens with zero attached hydrogens (tertiary/aromatic N) is 3. The molecule has 4 aromatic rings. The van der Waals surface area contributed by atoms with E-state index in [0.717, 1.165) is 0 Å². The topological polar surface area (TPSA) is 126 Å². The van der Waals surface area contributed by atoms with Crippen LogP contribution in [-0.4, -0.2) is 48.5 Å². The summed E-state index contributed by atoms with van der Waals surface area (Å²) in [6.07, 6.45) is 3.15. The van der Waals surface area contributed by atoms with Gasteiger partial charge in [-0.1, -0.05) is 23.2 Å². The highest BCUT2D eigenvalue weighted by molar-refractivity contribution is 6.41. The molecule has 1 aliphatic rings. The second-order valence-corrected chi connectivity index (χ2v) is 9.00. The summed E-state index contributed by atoms with van der Waals surface area (Å²) in [6.45, 7) is 1.16. The van der Waals surface area contributed by atoms with Gasteiger partial charge in [0.25, 0.3) is 0 Å². The van der Waals surface area contributed by atoms with E-state index in [1.807, 2.05) is 18.2 Å². The minimum atomic E-state index is 0.0581. The summed E-state index contributed by atoms with van der Waals surface area (Å²) < 4.78 is 21.7. The highest BCUT2D eigenvalue weighted by atomic mass is 35.5. The van der Waals surface area contributed by atoms with Gasteiger partial charge < -0.3 is 35.3 Å². The number of aromatic nitrogens is 3. The van der Waals surface area contributed by atoms with Gasteiger partial charge in [-0.25, -0.2) is 15.0 Å². The standard InChI is InChI=1S/C26H24Cl2N6O4/c1-35-20-10-21(36-2)24(28)25(23(20)27)34-26-16(4-3-7-30-26)19-9-22(32-13-31-19)33-18-6-5-14(8-17(18)29)38-15-11-37-12-15/h3-10,13,15H,11-12,29H2,1-2H3,(H,30,34)(H,31,32,33). The zero-order chi connectivity index (χ0) is 26.6. The molecule has 1 aliphatic heterocycles. The number of ether oxygens (including phenoxy) is 4. The predicted molar refractivity (Wildman–Crippen MR) is 147 cm³/mol. The monoisotopic (exact) mass is 554 g/mol. The maximum atomic E-state index is 6.55. The molecule has 2 aromatic carbocycles. The van der Waals surface area contributed by atoms with Gasteiger partial charge in [0.2, 0.25) is 0 Å². The summed E-state index contributed by atoms with van der Waals surface area (Å²) >= 11 is 13.1. The smallest absolute Gasteiger partial charge is 0.145 e. The lowest BCUT2D eigenvalue weighted by atomic mass is 10.1. The minimum absolute atomic E-state index is 0.0581. The first-order chi connectivity index (χ1) is 18.5. The molecule has 0 atom stereocenters. The lowest BCUT2D eigenvalue weighted by molar-refractivity contribution is -0.0796. The number of anilines is 5. The first-order valence-corrected chi connectivity index (χ1v) is 12.3. The third-order valence-corrected chi connectivity index (χ3v) is 6.51. The Morgan fingerprint density at radius 2 is 1.71 bits per heavy atom. The molecular weight excluding hydrogens is 531 g/mol. The van der Waals surface area contributed by atoms with Crippen LogP contribution < -0.4 is 30.6 Å². The summed E-state index contributed by atoms with van der Waals surface area (Å²) in [7, 11) is 3.02. The zero-order valence-electron chi connectivity index (χ0n) is 20.5. The Morgan fingerprint density at radius 1 is 0.947 bits per heavy atom. The second-order valence-electron chi connectivity index (χ2n) is 8.25. The molecule has 0 aliphatic carbocycles. The van der Waals surface area contributed by atoms with Crippen molar-refractivity contribution in [2.45, 2.75) is 6.10 Å². The number of halogens is 2. The zero-order valence-corrected chi connectivity index (χ0v) is 22.0. The first-order valence-electron chi connectivity index (χ1n) is 11.5. The molecule has 196 valence electrons. The van der Waals surface area contributed by atoms with E-state index in [2.05, 4.69) is 25.6 Å². The van der Waals surface area contributed by atoms with Gasteiger partial charge in [0, 0.05) is 30.0 Å². The lowest BCUT2D eigenvalue weighted by Crippen LogP contribution is -2.38. The number of nitrogens with two attached hydrogens (primary N) is 1. The molecule has 1 saturated heterocycles. The Balaban J connectivity index is 1.42. The van der Waals surface area contributed by atoms with Crippen molar-refractivity contribution in [3.63, 3.8) is 0 Å². The van der Waals surface area contributed by atoms with E-state index in [4.69, 9.17) is 47.9 Å². The molecule has 12 heteroatoms. The van der Waals surface area contributed by atoms with E-state index in [1.54, 1.807) is 30.5 Å². The van der Waals surface area contributed by atoms with Crippen LogP contribution in [0.4, 0.5) is 28.7 Å². The highest BCUT2D eigenvalue weighted by Gasteiger charge is 2.21. The Morgan fingerprint density at radius 3 is 2.37 bits per heavy atom. The third-order valence-electron chi connectivity index (χ3n) is 5.76. The summed E-state index contributed by atoms with van der Waals surface area (Å²) in [4.78, 5) is 13.3. The van der Waals surface area contributed by atoms with E-state index < -0.39 is 0 Å². The van der Waals surface area contributed by atoms with Crippen LogP contribution in [0.5, 0.6) is 17.2 Å². The Bertz CT molecular complexity index is 1440. The van der Waals surface area contributed by atoms with E-state index in [-0.39, 0.29) is 16.1 Å². The molecule has 10 nitrogen and oxygen atoms in total. The fourth-order valence-electron chi connectivity index (χ4n) is 3.74. The molecule has 3 heterocycles. The van der Waals surface area contributed by atoms with Crippen molar-refractivity contribution in [2.24, 2.45) is 0 Å². The second kappa shape index (κ2) is 11.2. The maximum absolute atomic E-state index is 6.55. The van der Waals surface area contributed by atoms with Crippen LogP contribution >= 0.6 is 23.2 Å². The average Bonchev–Trinajstić information content (AvgIpc) is 2.91. The SMILES string of the molecule is COc1cc(OC)c(Cl)c(Nc2ncccc2-c2cc(Nc3ccc(OC4COC4)cc3N)ncn2)c1Cl. The van der Waals surface area contributed by atoms with E-state index in [1.165, 1.54) is 20.5 Å². The minimum Gasteiger partial charge on any atom is -0.495 e. The molecule has 38 heavy (non-hydrogen) atoms. The van der Waals surface area contributed by atoms with Crippen LogP contribution in [0.15, 0.2) is 55.0 Å². The molecule has 0 amide bonds. The van der Waals surface area contributed by atoms with Crippen molar-refractivity contribution in [3.05, 3.63) is 65.0 Å². The number of nitrogens with one attached hydrogen (secondary N) is 2. The van der Waals surface area contributed by atoms with Gasteiger partial charge in [-0.15, -0.1) is 0 Å². The van der Waals surface area contributed by atoms with Gasteiger partial charge in [-0.05, 0) is 24.3 Å². The van der Waals surface area contributed by atoms with Gasteiger partial charge in [0.15, 0.2) is 0 Å². The summed E-state index contributed by atoms with van der Waals surface area (Å²) in [5, 5.41) is 7.01. The van der Waals surface area contributed by atoms with Crippen LogP contribution in [0.1, 0.15) is 0 Å². The van der Waals surface area contributed by atoms with Crippen LogP contribution in [0.2, 0.25) is 10.0 Å². The summed E-state index contributed by atoms with van der Waals surface area (Å²) in [5.41, 5.74) is 9.13. The predicted octanol–water partition coefficient (Wildman–Crippen LogP) is 5.71. The summed E-state index contributed by atoms with van der Waals surface area (Å²) in [5.74, 6) is 2.49. The van der Waals surface area contributed by atoms with Crippen molar-refractivity contribution < 1.29 is 18.9 Å². The van der Waals surface area contributed by atoms with Crippen molar-refractivity contribution in [2.75, 3.05) is 43.8 Å². The molecule has 0 saturated carbocycles. The Labute approximate surface area is 229 Å². The number of nitrogen functional groups attached to an aromatic ring is 1. The fourth-order valence-corrected chi connectivity index (χ4v) is 4.33. The molecule has 4 N–H and O–H groups in total. The molecule has 0 bridgehead atoms. The number of pyridine rings is 1. The maximum Gasteiger partial charge on any atom is 0.145 e. The largest absolute Gasteiger partial charge is 0.495 e. The molecule has 5 rings (SSSR count). The van der Waals surface area contributed by atoms with Gasteiger partial charge in [0.05, 0.1) is 50.2 Å². The van der Waals surface area contributed by atoms with Gasteiger partial charge >= 0.3 is 0 Å². The molecular formula is C26H24Cl2N6O4. The fraction of sp³-hybridized carbons (Fsp3) is 0.192. The van der Waals surface area contributed by atoms with Crippen molar-refractivity contribution in [1.29, 1.82) is 0 Å². The molecule has 2 aromatic heterocycles. The number of hydrogen-bond donors (Lipinski definition) is 3. The van der Waals surface area contributed by atoms with Gasteiger partial charge in [0.1, 0.15) is 51.4 Å². The Hall–Kier alpha value is -3.99. The van der Waals surface area contributed by atoms with Crippen LogP contribution in [0.25, 0.3) is 11.3 Å². The molecule has 0 radical (unpaired) electrons. The molecule has 1 fully saturated rings. The highest BCUT2D eigenvalue weighted by Crippen LogP contribution is 2.45. The Kier molecular flexibility index (Phi) is 7.54. The number of rotatable bonds is 9. The van der Waals surface area contributed by atoms with E-state index >= 15 is 0 Å². The van der Waals surface area contributed by atoms with Gasteiger partial charge in [-0.3, -0.25) is 0 Å². The van der Waals surface area contributed by atoms with Crippen molar-refractivity contribution in [3.8, 4) is 28.5 Å². The van der Waals surface area contributed by atoms with E-state index in [0.29, 0.717) is 70.4 Å². The van der Waals surface area contributed by atoms with E-state index in [9.17, 15) is 0 Å². The van der Waals surface area contributed by atoms with Crippen LogP contribution in [0, 0.1) is 0 Å². The van der Waals surface area contributed by atoms with Crippen LogP contribution in [-0.2, 0) is 4.74 Å². The van der Waals surface area contributed by atoms with Crippen LogP contribution in [0.3, 0.4) is 0 Å². The number of benzene rings is 2. The third kappa shape index (κ3) is 5.33.